The van der Waals surface area contributed by atoms with E-state index in [9.17, 15) is 0 Å². The Hall–Kier alpha value is -2.39. The van der Waals surface area contributed by atoms with Gasteiger partial charge in [0.25, 0.3) is 0 Å². The molecule has 3 rings (SSSR count). The summed E-state index contributed by atoms with van der Waals surface area (Å²) < 4.78 is 5.73. The third-order valence-corrected chi connectivity index (χ3v) is 4.79. The molecular weight excluding hydrogens is 332 g/mol. The molecule has 0 saturated heterocycles. The summed E-state index contributed by atoms with van der Waals surface area (Å²) >= 11 is 0. The second-order valence-electron chi connectivity index (χ2n) is 6.96. The fourth-order valence-corrected chi connectivity index (χ4v) is 3.27. The van der Waals surface area contributed by atoms with Crippen LogP contribution in [0, 0.1) is 0 Å². The number of unbranched alkanes of at least 4 members (excludes halogenated alkanes) is 5. The lowest BCUT2D eigenvalue weighted by atomic mass is 10.1. The molecule has 2 aromatic carbocycles. The van der Waals surface area contributed by atoms with Crippen molar-refractivity contribution in [3.8, 4) is 0 Å². The van der Waals surface area contributed by atoms with E-state index in [4.69, 9.17) is 4.74 Å². The van der Waals surface area contributed by atoms with Crippen LogP contribution in [0.5, 0.6) is 0 Å². The van der Waals surface area contributed by atoms with Crippen LogP contribution in [0.2, 0.25) is 0 Å². The van der Waals surface area contributed by atoms with Gasteiger partial charge in [-0.25, -0.2) is 0 Å². The average molecular weight is 363 g/mol. The lowest BCUT2D eigenvalue weighted by molar-refractivity contribution is 0.116. The van der Waals surface area contributed by atoms with Gasteiger partial charge in [-0.2, -0.15) is 0 Å². The first-order valence-corrected chi connectivity index (χ1v) is 10.1. The highest BCUT2D eigenvalue weighted by molar-refractivity contribution is 5.90. The summed E-state index contributed by atoms with van der Waals surface area (Å²) in [7, 11) is 0. The van der Waals surface area contributed by atoms with Crippen molar-refractivity contribution < 1.29 is 4.74 Å². The molecule has 1 N–H and O–H groups in total. The van der Waals surface area contributed by atoms with Gasteiger partial charge in [0, 0.05) is 30.4 Å². The predicted octanol–water partition coefficient (Wildman–Crippen LogP) is 6.20. The van der Waals surface area contributed by atoms with Crippen LogP contribution in [0.1, 0.15) is 44.1 Å². The Labute approximate surface area is 162 Å². The van der Waals surface area contributed by atoms with Crippen molar-refractivity contribution in [2.75, 3.05) is 18.5 Å². The van der Waals surface area contributed by atoms with E-state index >= 15 is 0 Å². The summed E-state index contributed by atoms with van der Waals surface area (Å²) in [5.74, 6) is 0. The molecule has 0 aliphatic heterocycles. The van der Waals surface area contributed by atoms with Crippen molar-refractivity contribution in [1.82, 2.24) is 4.98 Å². The van der Waals surface area contributed by atoms with Gasteiger partial charge in [-0.15, -0.1) is 0 Å². The highest BCUT2D eigenvalue weighted by atomic mass is 16.5. The van der Waals surface area contributed by atoms with Gasteiger partial charge < -0.3 is 10.1 Å². The van der Waals surface area contributed by atoms with Gasteiger partial charge in [0.05, 0.1) is 12.1 Å². The number of nitrogens with zero attached hydrogens (tertiary/aromatic N) is 1. The van der Waals surface area contributed by atoms with Crippen LogP contribution < -0.4 is 5.32 Å². The van der Waals surface area contributed by atoms with Crippen LogP contribution in [-0.4, -0.2) is 18.1 Å². The summed E-state index contributed by atoms with van der Waals surface area (Å²) in [6, 6.07) is 20.7. The van der Waals surface area contributed by atoms with Crippen LogP contribution in [-0.2, 0) is 11.3 Å². The number of fused-ring (bicyclic) bond motifs is 1. The Morgan fingerprint density at radius 3 is 2.37 bits per heavy atom. The van der Waals surface area contributed by atoms with Crippen LogP contribution in [0.15, 0.2) is 66.9 Å². The quantitative estimate of drug-likeness (QED) is 0.389. The second-order valence-corrected chi connectivity index (χ2v) is 6.96. The van der Waals surface area contributed by atoms with Gasteiger partial charge >= 0.3 is 0 Å². The van der Waals surface area contributed by atoms with E-state index in [2.05, 4.69) is 58.8 Å². The van der Waals surface area contributed by atoms with Gasteiger partial charge in [-0.1, -0.05) is 74.2 Å². The van der Waals surface area contributed by atoms with Gasteiger partial charge in [-0.05, 0) is 30.5 Å². The molecule has 27 heavy (non-hydrogen) atoms. The Kier molecular flexibility index (Phi) is 8.14. The fraction of sp³-hybridized carbons (Fsp3) is 0.375. The third-order valence-electron chi connectivity index (χ3n) is 4.79. The van der Waals surface area contributed by atoms with E-state index in [-0.39, 0.29) is 0 Å². The highest BCUT2D eigenvalue weighted by Gasteiger charge is 2.00. The predicted molar refractivity (Wildman–Crippen MR) is 114 cm³/mol. The fourth-order valence-electron chi connectivity index (χ4n) is 3.27. The number of rotatable bonds is 12. The SMILES string of the molecule is c1ccc(COCCCCCCCCNc2ccnc3ccccc23)cc1. The Morgan fingerprint density at radius 1 is 0.741 bits per heavy atom. The molecule has 0 aliphatic carbocycles. The molecule has 0 spiro atoms. The van der Waals surface area contributed by atoms with Crippen LogP contribution in [0.3, 0.4) is 0 Å². The maximum absolute atomic E-state index is 5.73. The molecule has 0 amide bonds. The number of anilines is 1. The zero-order valence-corrected chi connectivity index (χ0v) is 16.1. The number of hydrogen-bond acceptors (Lipinski definition) is 3. The van der Waals surface area contributed by atoms with Crippen molar-refractivity contribution in [3.63, 3.8) is 0 Å². The number of aromatic nitrogens is 1. The number of para-hydroxylation sites is 1. The molecular formula is C24H30N2O. The molecule has 1 aromatic heterocycles. The summed E-state index contributed by atoms with van der Waals surface area (Å²) in [5, 5.41) is 4.77. The van der Waals surface area contributed by atoms with Crippen molar-refractivity contribution in [3.05, 3.63) is 72.4 Å². The maximum atomic E-state index is 5.73. The number of hydrogen-bond donors (Lipinski definition) is 1. The molecule has 3 nitrogen and oxygen atoms in total. The molecule has 0 atom stereocenters. The van der Waals surface area contributed by atoms with E-state index in [0.717, 1.165) is 31.7 Å². The topological polar surface area (TPSA) is 34.1 Å². The Bertz CT molecular complexity index is 783. The Balaban J connectivity index is 1.19. The summed E-state index contributed by atoms with van der Waals surface area (Å²) in [6.07, 6.45) is 9.39. The first-order valence-electron chi connectivity index (χ1n) is 10.1. The molecule has 0 saturated carbocycles. The van der Waals surface area contributed by atoms with E-state index in [1.54, 1.807) is 0 Å². The van der Waals surface area contributed by atoms with Crippen LogP contribution in [0.25, 0.3) is 10.9 Å². The summed E-state index contributed by atoms with van der Waals surface area (Å²) in [5.41, 5.74) is 3.50. The molecule has 0 fully saturated rings. The number of ether oxygens (including phenoxy) is 1. The van der Waals surface area contributed by atoms with E-state index < -0.39 is 0 Å². The standard InChI is InChI=1S/C24H30N2O/c1(2-4-11-19-27-20-21-12-6-5-7-13-21)3-10-17-25-24-16-18-26-23-15-9-8-14-22(23)24/h5-9,12-16,18H,1-4,10-11,17,19-20H2,(H,25,26). The molecule has 0 bridgehead atoms. The highest BCUT2D eigenvalue weighted by Crippen LogP contribution is 2.21. The number of nitrogens with one attached hydrogen (secondary N) is 1. The second kappa shape index (κ2) is 11.3. The lowest BCUT2D eigenvalue weighted by Crippen LogP contribution is -2.02. The molecule has 3 heteroatoms. The summed E-state index contributed by atoms with van der Waals surface area (Å²) in [4.78, 5) is 4.41. The van der Waals surface area contributed by atoms with Crippen molar-refractivity contribution >= 4 is 16.6 Å². The molecule has 142 valence electrons. The van der Waals surface area contributed by atoms with Crippen molar-refractivity contribution in [2.45, 2.75) is 45.1 Å². The van der Waals surface area contributed by atoms with Crippen LogP contribution in [0.4, 0.5) is 5.69 Å². The zero-order chi connectivity index (χ0) is 18.6. The van der Waals surface area contributed by atoms with E-state index in [1.165, 1.54) is 48.7 Å². The van der Waals surface area contributed by atoms with Gasteiger partial charge in [0.15, 0.2) is 0 Å². The van der Waals surface area contributed by atoms with Crippen molar-refractivity contribution in [2.24, 2.45) is 0 Å². The van der Waals surface area contributed by atoms with Crippen molar-refractivity contribution in [1.29, 1.82) is 0 Å². The number of pyridine rings is 1. The monoisotopic (exact) mass is 362 g/mol. The summed E-state index contributed by atoms with van der Waals surface area (Å²) in [6.45, 7) is 2.62. The van der Waals surface area contributed by atoms with Gasteiger partial charge in [0.1, 0.15) is 0 Å². The molecule has 3 aromatic rings. The smallest absolute Gasteiger partial charge is 0.0722 e. The molecule has 0 aliphatic rings. The first-order chi connectivity index (χ1) is 13.4. The minimum absolute atomic E-state index is 0.732. The van der Waals surface area contributed by atoms with Gasteiger partial charge in [-0.3, -0.25) is 4.98 Å². The van der Waals surface area contributed by atoms with Gasteiger partial charge in [0.2, 0.25) is 0 Å². The minimum Gasteiger partial charge on any atom is -0.384 e. The van der Waals surface area contributed by atoms with E-state index in [0.29, 0.717) is 0 Å². The third kappa shape index (κ3) is 6.69. The Morgan fingerprint density at radius 2 is 1.48 bits per heavy atom. The zero-order valence-electron chi connectivity index (χ0n) is 16.1. The molecule has 1 heterocycles. The minimum atomic E-state index is 0.732. The molecule has 0 unspecified atom stereocenters. The largest absolute Gasteiger partial charge is 0.384 e. The molecule has 0 radical (unpaired) electrons. The first kappa shape index (κ1) is 19.4. The number of benzene rings is 2. The van der Waals surface area contributed by atoms with Crippen LogP contribution >= 0.6 is 0 Å². The maximum Gasteiger partial charge on any atom is 0.0722 e. The average Bonchev–Trinajstić information content (AvgIpc) is 2.73. The normalized spacial score (nSPS) is 11.0. The van der Waals surface area contributed by atoms with E-state index in [1.807, 2.05) is 18.3 Å². The lowest BCUT2D eigenvalue weighted by Gasteiger charge is -2.09.